The van der Waals surface area contributed by atoms with Crippen LogP contribution in [0.3, 0.4) is 0 Å². The van der Waals surface area contributed by atoms with Crippen LogP contribution in [-0.4, -0.2) is 44.3 Å². The normalized spacial score (nSPS) is 13.9. The molecule has 8 nitrogen and oxygen atoms in total. The minimum atomic E-state index is -3.52. The quantitative estimate of drug-likeness (QED) is 0.462. The molecule has 1 rings (SSSR count). The summed E-state index contributed by atoms with van der Waals surface area (Å²) in [7, 11) is 0. The Hall–Kier alpha value is -3.16. The Balaban J connectivity index is 3.56. The van der Waals surface area contributed by atoms with Crippen molar-refractivity contribution in [1.29, 1.82) is 0 Å². The molecule has 0 aliphatic carbocycles. The van der Waals surface area contributed by atoms with Crippen LogP contribution in [0.4, 0.5) is 0 Å². The third-order valence-electron chi connectivity index (χ3n) is 4.34. The zero-order valence-corrected chi connectivity index (χ0v) is 14.1. The predicted molar refractivity (Wildman–Crippen MR) is 90.4 cm³/mol. The minimum Gasteiger partial charge on any atom is -0.481 e. The van der Waals surface area contributed by atoms with E-state index in [1.54, 1.807) is 30.3 Å². The number of rotatable bonds is 10. The number of hydrogen-bond donors (Lipinski definition) is 4. The van der Waals surface area contributed by atoms with Crippen molar-refractivity contribution < 1.29 is 39.6 Å². The highest BCUT2D eigenvalue weighted by Crippen LogP contribution is 2.48. The van der Waals surface area contributed by atoms with Crippen LogP contribution < -0.4 is 0 Å². The number of hydrogen-bond acceptors (Lipinski definition) is 4. The second kappa shape index (κ2) is 8.28. The fourth-order valence-corrected chi connectivity index (χ4v) is 3.07. The van der Waals surface area contributed by atoms with Crippen molar-refractivity contribution >= 4 is 30.0 Å². The molecule has 8 heteroatoms. The summed E-state index contributed by atoms with van der Waals surface area (Å²) in [6, 6.07) is 8.63. The standard InChI is InChI=1S/C18H20O8/c1-2-10-17(13(19)20,11-6-9-12-7-4-3-5-8-12)18(14(21)22,15(23)24)16(25)26/h3-9H,2,10-11H2,1H3,(H,19,20)(H,21,22)(H,23,24)(H,25,26). The van der Waals surface area contributed by atoms with Gasteiger partial charge in [0, 0.05) is 0 Å². The van der Waals surface area contributed by atoms with Crippen LogP contribution >= 0.6 is 0 Å². The molecule has 0 aliphatic rings. The SMILES string of the molecule is CCCC(CC=Cc1ccccc1)(C(=O)O)C(C(=O)O)(C(=O)O)C(=O)O. The third-order valence-corrected chi connectivity index (χ3v) is 4.34. The summed E-state index contributed by atoms with van der Waals surface area (Å²) in [5, 5.41) is 38.0. The van der Waals surface area contributed by atoms with E-state index in [1.807, 2.05) is 0 Å². The van der Waals surface area contributed by atoms with Gasteiger partial charge in [-0.15, -0.1) is 0 Å². The number of carboxylic acid groups (broad SMARTS) is 4. The van der Waals surface area contributed by atoms with E-state index >= 15 is 0 Å². The summed E-state index contributed by atoms with van der Waals surface area (Å²) in [4.78, 5) is 47.1. The van der Waals surface area contributed by atoms with Gasteiger partial charge in [0.05, 0.1) is 0 Å². The second-order valence-corrected chi connectivity index (χ2v) is 5.82. The topological polar surface area (TPSA) is 149 Å². The first-order chi connectivity index (χ1) is 12.2. The predicted octanol–water partition coefficient (Wildman–Crippen LogP) is 2.20. The van der Waals surface area contributed by atoms with Gasteiger partial charge in [-0.25, -0.2) is 0 Å². The maximum atomic E-state index is 12.0. The molecule has 0 bridgehead atoms. The van der Waals surface area contributed by atoms with Gasteiger partial charge >= 0.3 is 23.9 Å². The van der Waals surface area contributed by atoms with Crippen molar-refractivity contribution in [2.75, 3.05) is 0 Å². The molecule has 0 heterocycles. The number of carbonyl (C=O) groups is 4. The van der Waals surface area contributed by atoms with E-state index < -0.39 is 47.5 Å². The molecule has 1 aromatic carbocycles. The second-order valence-electron chi connectivity index (χ2n) is 5.82. The Bertz CT molecular complexity index is 686. The number of aliphatic carboxylic acids is 4. The van der Waals surface area contributed by atoms with E-state index in [9.17, 15) is 39.6 Å². The fraction of sp³-hybridized carbons (Fsp3) is 0.333. The molecule has 0 amide bonds. The van der Waals surface area contributed by atoms with Crippen molar-refractivity contribution in [2.24, 2.45) is 10.8 Å². The molecular formula is C18H20O8. The van der Waals surface area contributed by atoms with Gasteiger partial charge in [-0.2, -0.15) is 0 Å². The number of benzene rings is 1. The summed E-state index contributed by atoms with van der Waals surface area (Å²) in [6.45, 7) is 1.52. The molecule has 0 radical (unpaired) electrons. The van der Waals surface area contributed by atoms with E-state index in [0.29, 0.717) is 5.56 Å². The van der Waals surface area contributed by atoms with Crippen molar-refractivity contribution in [3.63, 3.8) is 0 Å². The Labute approximate surface area is 149 Å². The summed E-state index contributed by atoms with van der Waals surface area (Å²) in [5.41, 5.74) is -5.40. The van der Waals surface area contributed by atoms with Crippen LogP contribution in [-0.2, 0) is 19.2 Å². The fourth-order valence-electron chi connectivity index (χ4n) is 3.07. The monoisotopic (exact) mass is 364 g/mol. The zero-order chi connectivity index (χ0) is 20.0. The first kappa shape index (κ1) is 20.9. The van der Waals surface area contributed by atoms with Gasteiger partial charge in [0.25, 0.3) is 5.41 Å². The van der Waals surface area contributed by atoms with Gasteiger partial charge in [-0.1, -0.05) is 55.8 Å². The Morgan fingerprint density at radius 2 is 1.38 bits per heavy atom. The molecule has 26 heavy (non-hydrogen) atoms. The van der Waals surface area contributed by atoms with Gasteiger partial charge < -0.3 is 20.4 Å². The third kappa shape index (κ3) is 3.44. The lowest BCUT2D eigenvalue weighted by Crippen LogP contribution is -2.61. The van der Waals surface area contributed by atoms with E-state index in [1.165, 1.54) is 19.1 Å². The summed E-state index contributed by atoms with van der Waals surface area (Å²) in [5.74, 6) is -8.45. The first-order valence-corrected chi connectivity index (χ1v) is 7.82. The van der Waals surface area contributed by atoms with Crippen molar-refractivity contribution in [2.45, 2.75) is 26.2 Å². The van der Waals surface area contributed by atoms with E-state index in [-0.39, 0.29) is 6.42 Å². The average molecular weight is 364 g/mol. The lowest BCUT2D eigenvalue weighted by molar-refractivity contribution is -0.196. The zero-order valence-electron chi connectivity index (χ0n) is 14.1. The summed E-state index contributed by atoms with van der Waals surface area (Å²) < 4.78 is 0. The maximum Gasteiger partial charge on any atom is 0.333 e. The van der Waals surface area contributed by atoms with Gasteiger partial charge in [0.2, 0.25) is 0 Å². The number of allylic oxidation sites excluding steroid dienone is 1. The molecule has 1 unspecified atom stereocenters. The summed E-state index contributed by atoms with van der Waals surface area (Å²) in [6.07, 6.45) is 1.86. The maximum absolute atomic E-state index is 12.0. The lowest BCUT2D eigenvalue weighted by Gasteiger charge is -2.38. The minimum absolute atomic E-state index is 0.0844. The molecule has 0 spiro atoms. The van der Waals surface area contributed by atoms with Gasteiger partial charge in [-0.05, 0) is 18.4 Å². The Kier molecular flexibility index (Phi) is 6.65. The van der Waals surface area contributed by atoms with Crippen LogP contribution in [0.5, 0.6) is 0 Å². The van der Waals surface area contributed by atoms with E-state index in [0.717, 1.165) is 0 Å². The summed E-state index contributed by atoms with van der Waals surface area (Å²) >= 11 is 0. The van der Waals surface area contributed by atoms with Crippen LogP contribution in [0.1, 0.15) is 31.7 Å². The molecule has 1 aromatic rings. The van der Waals surface area contributed by atoms with Crippen LogP contribution in [0.25, 0.3) is 6.08 Å². The molecule has 0 saturated carbocycles. The molecule has 1 atom stereocenters. The highest BCUT2D eigenvalue weighted by Gasteiger charge is 2.71. The molecular weight excluding hydrogens is 344 g/mol. The molecule has 0 fully saturated rings. The van der Waals surface area contributed by atoms with Gasteiger partial charge in [0.1, 0.15) is 5.41 Å². The largest absolute Gasteiger partial charge is 0.481 e. The lowest BCUT2D eigenvalue weighted by atomic mass is 9.59. The van der Waals surface area contributed by atoms with E-state index in [2.05, 4.69) is 0 Å². The molecule has 0 saturated heterocycles. The van der Waals surface area contributed by atoms with Gasteiger partial charge in [0.15, 0.2) is 0 Å². The van der Waals surface area contributed by atoms with Crippen molar-refractivity contribution in [3.05, 3.63) is 42.0 Å². The smallest absolute Gasteiger partial charge is 0.333 e. The van der Waals surface area contributed by atoms with Crippen molar-refractivity contribution in [1.82, 2.24) is 0 Å². The van der Waals surface area contributed by atoms with Crippen LogP contribution in [0, 0.1) is 10.8 Å². The molecule has 0 aliphatic heterocycles. The highest BCUT2D eigenvalue weighted by molar-refractivity contribution is 6.20. The van der Waals surface area contributed by atoms with Gasteiger partial charge in [-0.3, -0.25) is 19.2 Å². The Morgan fingerprint density at radius 3 is 1.77 bits per heavy atom. The van der Waals surface area contributed by atoms with Crippen LogP contribution in [0.2, 0.25) is 0 Å². The molecule has 0 aromatic heterocycles. The van der Waals surface area contributed by atoms with E-state index in [4.69, 9.17) is 0 Å². The van der Waals surface area contributed by atoms with Crippen LogP contribution in [0.15, 0.2) is 36.4 Å². The molecule has 4 N–H and O–H groups in total. The first-order valence-electron chi connectivity index (χ1n) is 7.82. The Morgan fingerprint density at radius 1 is 0.885 bits per heavy atom. The molecule has 140 valence electrons. The average Bonchev–Trinajstić information content (AvgIpc) is 2.54. The number of carboxylic acids is 4. The highest BCUT2D eigenvalue weighted by atomic mass is 16.4. The van der Waals surface area contributed by atoms with Crippen molar-refractivity contribution in [3.8, 4) is 0 Å².